The molecule has 0 spiro atoms. The first-order valence-electron chi connectivity index (χ1n) is 23.2. The fourth-order valence-corrected chi connectivity index (χ4v) is 11.1. The minimum absolute atomic E-state index is 0.0282. The summed E-state index contributed by atoms with van der Waals surface area (Å²) in [5.74, 6) is 1.84. The van der Waals surface area contributed by atoms with Gasteiger partial charge < -0.3 is 4.57 Å². The van der Waals surface area contributed by atoms with Gasteiger partial charge in [0.2, 0.25) is 5.95 Å². The van der Waals surface area contributed by atoms with Gasteiger partial charge in [0.05, 0.1) is 22.1 Å². The van der Waals surface area contributed by atoms with Gasteiger partial charge in [-0.25, -0.2) is 4.98 Å². The van der Waals surface area contributed by atoms with Crippen molar-refractivity contribution < 1.29 is 0 Å². The quantitative estimate of drug-likeness (QED) is 0.173. The second-order valence-corrected chi connectivity index (χ2v) is 19.5. The van der Waals surface area contributed by atoms with Crippen molar-refractivity contribution in [1.82, 2.24) is 24.1 Å². The van der Waals surface area contributed by atoms with Crippen LogP contribution in [0.2, 0.25) is 0 Å². The minimum atomic E-state index is 0.0282. The van der Waals surface area contributed by atoms with Crippen LogP contribution in [-0.2, 0) is 10.8 Å². The zero-order valence-electron chi connectivity index (χ0n) is 37.5. The van der Waals surface area contributed by atoms with Crippen molar-refractivity contribution in [2.45, 2.75) is 51.4 Å². The van der Waals surface area contributed by atoms with E-state index in [1.165, 1.54) is 43.8 Å². The molecule has 0 atom stereocenters. The maximum absolute atomic E-state index is 5.52. The van der Waals surface area contributed by atoms with Crippen LogP contribution in [-0.4, -0.2) is 24.1 Å². The molecule has 5 nitrogen and oxygen atoms in total. The summed E-state index contributed by atoms with van der Waals surface area (Å²) in [4.78, 5) is 16.4. The number of aromatic nitrogens is 5. The van der Waals surface area contributed by atoms with Crippen LogP contribution in [0.5, 0.6) is 0 Å². The van der Waals surface area contributed by atoms with Crippen LogP contribution in [0, 0.1) is 0 Å². The lowest BCUT2D eigenvalue weighted by Crippen LogP contribution is -2.33. The highest BCUT2D eigenvalue weighted by Crippen LogP contribution is 2.50. The predicted molar refractivity (Wildman–Crippen MR) is 275 cm³/mol. The third kappa shape index (κ3) is 5.82. The van der Waals surface area contributed by atoms with Crippen LogP contribution in [0.4, 0.5) is 0 Å². The average molecular weight is 850 g/mol. The van der Waals surface area contributed by atoms with Gasteiger partial charge in [-0.15, -0.1) is 0 Å². The number of benzene rings is 9. The average Bonchev–Trinajstić information content (AvgIpc) is 3.87. The van der Waals surface area contributed by atoms with Gasteiger partial charge in [-0.2, -0.15) is 9.97 Å². The van der Waals surface area contributed by atoms with Gasteiger partial charge in [0.25, 0.3) is 0 Å². The molecule has 3 aromatic heterocycles. The van der Waals surface area contributed by atoms with E-state index in [1.54, 1.807) is 0 Å². The Labute approximate surface area is 383 Å². The van der Waals surface area contributed by atoms with Crippen LogP contribution in [0.15, 0.2) is 188 Å². The van der Waals surface area contributed by atoms with Crippen molar-refractivity contribution in [3.05, 3.63) is 199 Å². The number of para-hydroxylation sites is 2. The molecule has 0 N–H and O–H groups in total. The van der Waals surface area contributed by atoms with E-state index in [2.05, 4.69) is 225 Å². The number of rotatable bonds is 5. The molecule has 0 aliphatic heterocycles. The molecule has 9 aromatic carbocycles. The molecule has 3 heterocycles. The molecule has 316 valence electrons. The summed E-state index contributed by atoms with van der Waals surface area (Å²) in [5, 5.41) is 9.43. The van der Waals surface area contributed by atoms with E-state index in [9.17, 15) is 0 Å². The number of hydrogen-bond acceptors (Lipinski definition) is 3. The van der Waals surface area contributed by atoms with Crippen molar-refractivity contribution >= 4 is 65.2 Å². The Balaban J connectivity index is 1.13. The Morgan fingerprint density at radius 3 is 1.70 bits per heavy atom. The van der Waals surface area contributed by atoms with Crippen molar-refractivity contribution in [2.24, 2.45) is 0 Å². The van der Waals surface area contributed by atoms with Gasteiger partial charge in [-0.3, -0.25) is 4.57 Å². The lowest BCUT2D eigenvalue weighted by molar-refractivity contribution is 0.332. The third-order valence-electron chi connectivity index (χ3n) is 14.6. The Morgan fingerprint density at radius 1 is 0.394 bits per heavy atom. The van der Waals surface area contributed by atoms with Crippen LogP contribution in [0.3, 0.4) is 0 Å². The smallest absolute Gasteiger partial charge is 0.238 e. The van der Waals surface area contributed by atoms with Crippen molar-refractivity contribution in [1.29, 1.82) is 0 Å². The maximum atomic E-state index is 5.52. The summed E-state index contributed by atoms with van der Waals surface area (Å²) in [6.07, 6.45) is 2.29. The summed E-state index contributed by atoms with van der Waals surface area (Å²) >= 11 is 0. The largest absolute Gasteiger partial charge is 0.309 e. The molecule has 12 aromatic rings. The van der Waals surface area contributed by atoms with Crippen LogP contribution >= 0.6 is 0 Å². The Morgan fingerprint density at radius 2 is 0.970 bits per heavy atom. The van der Waals surface area contributed by atoms with E-state index in [1.807, 2.05) is 0 Å². The fraction of sp³-hybridized carbons (Fsp3) is 0.131. The van der Waals surface area contributed by atoms with Crippen molar-refractivity contribution in [3.8, 4) is 45.5 Å². The molecule has 0 saturated heterocycles. The van der Waals surface area contributed by atoms with E-state index >= 15 is 0 Å². The zero-order valence-corrected chi connectivity index (χ0v) is 37.5. The number of nitrogens with zero attached hydrogens (tertiary/aromatic N) is 5. The molecule has 66 heavy (non-hydrogen) atoms. The highest BCUT2D eigenvalue weighted by Gasteiger charge is 2.38. The summed E-state index contributed by atoms with van der Waals surface area (Å²) < 4.78 is 4.79. The Hall–Kier alpha value is -7.89. The molecule has 0 saturated carbocycles. The maximum Gasteiger partial charge on any atom is 0.238 e. The molecule has 13 rings (SSSR count). The van der Waals surface area contributed by atoms with E-state index in [-0.39, 0.29) is 10.8 Å². The molecule has 1 aliphatic rings. The number of fused-ring (bicyclic) bond motifs is 10. The molecule has 5 heteroatoms. The zero-order chi connectivity index (χ0) is 44.3. The topological polar surface area (TPSA) is 48.5 Å². The first-order chi connectivity index (χ1) is 32.2. The SMILES string of the molecule is CC1(C)CCC(C)(C)c2cc3c(cc21)c1c(ccc2c4ccccc4n(-c4nc(-c5ccc(-c6cccc7ccccc67)cc5)nc(-c5cccc6ccccc56)n4)c21)n3-c1ccccc1. The van der Waals surface area contributed by atoms with Crippen molar-refractivity contribution in [3.63, 3.8) is 0 Å². The van der Waals surface area contributed by atoms with E-state index in [4.69, 9.17) is 15.0 Å². The molecule has 0 fully saturated rings. The highest BCUT2D eigenvalue weighted by molar-refractivity contribution is 6.26. The van der Waals surface area contributed by atoms with Gasteiger partial charge in [-0.05, 0) is 104 Å². The van der Waals surface area contributed by atoms with Crippen LogP contribution < -0.4 is 0 Å². The molecule has 0 amide bonds. The van der Waals surface area contributed by atoms with Gasteiger partial charge in [0.1, 0.15) is 0 Å². The summed E-state index contributed by atoms with van der Waals surface area (Å²) in [6, 6.07) is 67.9. The van der Waals surface area contributed by atoms with E-state index in [0.29, 0.717) is 17.6 Å². The van der Waals surface area contributed by atoms with Gasteiger partial charge >= 0.3 is 0 Å². The standard InChI is InChI=1S/C61H47N5/c1-60(2)34-35-61(3,4)51-37-54-49(36-50(51)60)55-53(65(54)42-20-6-5-7-21-42)33-32-47-46-24-12-13-27-52(46)66(56(47)55)59-63-57(62-58(64-59)48-26-15-19-39-17-9-11-23-45(39)48)41-30-28-40(29-31-41)44-25-14-18-38-16-8-10-22-43(38)44/h5-33,36-37H,34-35H2,1-4H3. The molecule has 1 aliphatic carbocycles. The van der Waals surface area contributed by atoms with E-state index in [0.717, 1.165) is 73.3 Å². The monoisotopic (exact) mass is 849 g/mol. The fourth-order valence-electron chi connectivity index (χ4n) is 11.1. The van der Waals surface area contributed by atoms with Crippen LogP contribution in [0.25, 0.3) is 111 Å². The first-order valence-corrected chi connectivity index (χ1v) is 23.2. The third-order valence-corrected chi connectivity index (χ3v) is 14.6. The lowest BCUT2D eigenvalue weighted by atomic mass is 9.63. The highest BCUT2D eigenvalue weighted by atomic mass is 15.2. The van der Waals surface area contributed by atoms with Gasteiger partial charge in [-0.1, -0.05) is 179 Å². The molecule has 0 unspecified atom stereocenters. The molecule has 0 bridgehead atoms. The minimum Gasteiger partial charge on any atom is -0.309 e. The van der Waals surface area contributed by atoms with Gasteiger partial charge in [0, 0.05) is 38.4 Å². The lowest BCUT2D eigenvalue weighted by Gasteiger charge is -2.42. The number of hydrogen-bond donors (Lipinski definition) is 0. The summed E-state index contributed by atoms with van der Waals surface area (Å²) in [6.45, 7) is 9.68. The summed E-state index contributed by atoms with van der Waals surface area (Å²) in [7, 11) is 0. The van der Waals surface area contributed by atoms with Crippen LogP contribution in [0.1, 0.15) is 51.7 Å². The molecule has 0 radical (unpaired) electrons. The summed E-state index contributed by atoms with van der Waals surface area (Å²) in [5.41, 5.74) is 12.8. The first kappa shape index (κ1) is 38.6. The van der Waals surface area contributed by atoms with Gasteiger partial charge in [0.15, 0.2) is 11.6 Å². The normalized spacial score (nSPS) is 14.5. The second-order valence-electron chi connectivity index (χ2n) is 19.5. The Bertz CT molecular complexity index is 3920. The Kier molecular flexibility index (Phi) is 8.36. The molecular weight excluding hydrogens is 803 g/mol. The predicted octanol–water partition coefficient (Wildman–Crippen LogP) is 15.7. The molecular formula is C61H47N5. The second kappa shape index (κ2) is 14.3. The van der Waals surface area contributed by atoms with Crippen molar-refractivity contribution in [2.75, 3.05) is 0 Å². The van der Waals surface area contributed by atoms with E-state index < -0.39 is 0 Å².